The van der Waals surface area contributed by atoms with E-state index in [4.69, 9.17) is 0 Å². The van der Waals surface area contributed by atoms with Gasteiger partial charge < -0.3 is 0 Å². The maximum atomic E-state index is 10.6. The van der Waals surface area contributed by atoms with Gasteiger partial charge in [-0.3, -0.25) is 9.78 Å². The van der Waals surface area contributed by atoms with Gasteiger partial charge in [0.25, 0.3) is 0 Å². The predicted octanol–water partition coefficient (Wildman–Crippen LogP) is 2.58. The minimum absolute atomic E-state index is 0.442. The summed E-state index contributed by atoms with van der Waals surface area (Å²) in [6.07, 6.45) is 5.19. The lowest BCUT2D eigenvalue weighted by Crippen LogP contribution is -2.48. The molecule has 0 aliphatic heterocycles. The van der Waals surface area contributed by atoms with Crippen molar-refractivity contribution in [2.24, 2.45) is 11.3 Å². The second kappa shape index (κ2) is 2.69. The van der Waals surface area contributed by atoms with Crippen molar-refractivity contribution in [3.05, 3.63) is 29.1 Å². The highest BCUT2D eigenvalue weighted by Gasteiger charge is 2.52. The van der Waals surface area contributed by atoms with Crippen LogP contribution >= 0.6 is 0 Å². The molecule has 1 saturated carbocycles. The summed E-state index contributed by atoms with van der Waals surface area (Å²) in [5.41, 5.74) is 3.76. The number of aldehydes is 1. The molecule has 3 aliphatic carbocycles. The van der Waals surface area contributed by atoms with Gasteiger partial charge in [-0.25, -0.2) is 0 Å². The molecular formula is C13H15NO. The van der Waals surface area contributed by atoms with Crippen LogP contribution in [0.4, 0.5) is 0 Å². The zero-order valence-corrected chi connectivity index (χ0v) is 9.16. The third-order valence-corrected chi connectivity index (χ3v) is 4.48. The van der Waals surface area contributed by atoms with Crippen LogP contribution in [-0.2, 0) is 6.42 Å². The molecule has 1 aromatic heterocycles. The highest BCUT2D eigenvalue weighted by molar-refractivity contribution is 5.72. The van der Waals surface area contributed by atoms with Crippen molar-refractivity contribution in [3.8, 4) is 0 Å². The molecule has 0 unspecified atom stereocenters. The Morgan fingerprint density at radius 3 is 3.00 bits per heavy atom. The average Bonchev–Trinajstić information content (AvgIpc) is 2.27. The summed E-state index contributed by atoms with van der Waals surface area (Å²) in [7, 11) is 0. The first-order valence-electron chi connectivity index (χ1n) is 5.57. The summed E-state index contributed by atoms with van der Waals surface area (Å²) in [4.78, 5) is 14.8. The highest BCUT2D eigenvalue weighted by atomic mass is 16.1. The zero-order valence-electron chi connectivity index (χ0n) is 9.16. The summed E-state index contributed by atoms with van der Waals surface area (Å²) in [6.45, 7) is 4.70. The Morgan fingerprint density at radius 2 is 2.33 bits per heavy atom. The van der Waals surface area contributed by atoms with E-state index < -0.39 is 0 Å². The Balaban J connectivity index is 2.09. The van der Waals surface area contributed by atoms with Crippen molar-refractivity contribution < 1.29 is 4.79 Å². The fourth-order valence-corrected chi connectivity index (χ4v) is 3.24. The number of nitrogens with zero attached hydrogens (tertiary/aromatic N) is 1. The van der Waals surface area contributed by atoms with Crippen LogP contribution in [0.15, 0.2) is 12.3 Å². The molecule has 0 radical (unpaired) electrons. The molecule has 78 valence electrons. The second-order valence-electron chi connectivity index (χ2n) is 5.44. The molecule has 1 fully saturated rings. The van der Waals surface area contributed by atoms with Crippen LogP contribution in [0.25, 0.3) is 0 Å². The number of aromatic nitrogens is 1. The van der Waals surface area contributed by atoms with Crippen molar-refractivity contribution >= 4 is 6.29 Å². The lowest BCUT2D eigenvalue weighted by molar-refractivity contribution is 0.0182. The number of carbonyl (C=O) groups is 1. The third kappa shape index (κ3) is 1.05. The number of hydrogen-bond acceptors (Lipinski definition) is 2. The Hall–Kier alpha value is -1.18. The second-order valence-corrected chi connectivity index (χ2v) is 5.44. The minimum atomic E-state index is 0.442. The molecule has 2 bridgehead atoms. The maximum absolute atomic E-state index is 10.6. The molecule has 0 aromatic carbocycles. The van der Waals surface area contributed by atoms with Crippen LogP contribution in [0.1, 0.15) is 47.8 Å². The zero-order chi connectivity index (χ0) is 10.6. The lowest BCUT2D eigenvalue weighted by Gasteiger charge is -2.57. The molecule has 15 heavy (non-hydrogen) atoms. The smallest absolute Gasteiger partial charge is 0.168 e. The molecule has 0 saturated heterocycles. The first-order chi connectivity index (χ1) is 7.13. The monoisotopic (exact) mass is 201 g/mol. The van der Waals surface area contributed by atoms with E-state index in [1.54, 1.807) is 0 Å². The van der Waals surface area contributed by atoms with Gasteiger partial charge >= 0.3 is 0 Å². The lowest BCUT2D eigenvalue weighted by atomic mass is 9.48. The molecule has 1 aromatic rings. The first-order valence-corrected chi connectivity index (χ1v) is 5.57. The Morgan fingerprint density at radius 1 is 1.53 bits per heavy atom. The summed E-state index contributed by atoms with van der Waals surface area (Å²) < 4.78 is 0. The van der Waals surface area contributed by atoms with E-state index in [1.807, 2.05) is 12.3 Å². The number of rotatable bonds is 1. The van der Waals surface area contributed by atoms with E-state index in [9.17, 15) is 4.79 Å². The number of pyridine rings is 1. The molecule has 0 spiro atoms. The van der Waals surface area contributed by atoms with Crippen molar-refractivity contribution in [1.29, 1.82) is 0 Å². The number of carbonyl (C=O) groups excluding carboxylic acids is 1. The van der Waals surface area contributed by atoms with E-state index >= 15 is 0 Å². The summed E-state index contributed by atoms with van der Waals surface area (Å²) in [5.74, 6) is 1.47. The maximum Gasteiger partial charge on any atom is 0.168 e. The number of hydrogen-bond donors (Lipinski definition) is 0. The predicted molar refractivity (Wildman–Crippen MR) is 58.0 cm³/mol. The summed E-state index contributed by atoms with van der Waals surface area (Å²) in [5, 5.41) is 0. The fourth-order valence-electron chi connectivity index (χ4n) is 3.24. The molecule has 4 rings (SSSR count). The van der Waals surface area contributed by atoms with Crippen LogP contribution in [0.5, 0.6) is 0 Å². The topological polar surface area (TPSA) is 30.0 Å². The van der Waals surface area contributed by atoms with Gasteiger partial charge in [-0.1, -0.05) is 13.8 Å². The SMILES string of the molecule is CC1(C)[C@H]2Cc3cc(C=O)ncc3[C@@H]1C2. The van der Waals surface area contributed by atoms with Gasteiger partial charge in [-0.05, 0) is 47.3 Å². The van der Waals surface area contributed by atoms with Gasteiger partial charge in [0.05, 0.1) is 0 Å². The van der Waals surface area contributed by atoms with Crippen LogP contribution in [0, 0.1) is 11.3 Å². The van der Waals surface area contributed by atoms with Crippen molar-refractivity contribution in [2.75, 3.05) is 0 Å². The van der Waals surface area contributed by atoms with Crippen molar-refractivity contribution in [3.63, 3.8) is 0 Å². The largest absolute Gasteiger partial charge is 0.296 e. The van der Waals surface area contributed by atoms with Gasteiger partial charge in [0.2, 0.25) is 0 Å². The van der Waals surface area contributed by atoms with Gasteiger partial charge in [0.1, 0.15) is 5.69 Å². The van der Waals surface area contributed by atoms with E-state index in [0.29, 0.717) is 17.0 Å². The average molecular weight is 201 g/mol. The van der Waals surface area contributed by atoms with E-state index in [2.05, 4.69) is 18.8 Å². The van der Waals surface area contributed by atoms with E-state index in [0.717, 1.165) is 18.6 Å². The molecule has 3 aliphatic rings. The minimum Gasteiger partial charge on any atom is -0.296 e. The Labute approximate surface area is 89.7 Å². The van der Waals surface area contributed by atoms with E-state index in [-0.39, 0.29) is 0 Å². The molecule has 2 nitrogen and oxygen atoms in total. The van der Waals surface area contributed by atoms with Gasteiger partial charge in [0.15, 0.2) is 6.29 Å². The van der Waals surface area contributed by atoms with Crippen molar-refractivity contribution in [2.45, 2.75) is 32.6 Å². The summed E-state index contributed by atoms with van der Waals surface area (Å²) >= 11 is 0. The molecular weight excluding hydrogens is 186 g/mol. The fraction of sp³-hybridized carbons (Fsp3) is 0.538. The van der Waals surface area contributed by atoms with Gasteiger partial charge in [-0.2, -0.15) is 0 Å². The standard InChI is InChI=1S/C13H15NO/c1-13(2)9-3-8-4-10(7-15)14-6-11(8)12(13)5-9/h4,6-7,9,12H,3,5H2,1-2H3/t9-,12-/m0/s1. The van der Waals surface area contributed by atoms with E-state index in [1.165, 1.54) is 17.5 Å². The summed E-state index contributed by atoms with van der Waals surface area (Å²) in [6, 6.07) is 1.97. The molecule has 2 atom stereocenters. The normalized spacial score (nSPS) is 30.3. The Kier molecular flexibility index (Phi) is 1.63. The van der Waals surface area contributed by atoms with Gasteiger partial charge in [-0.15, -0.1) is 0 Å². The highest BCUT2D eigenvalue weighted by Crippen LogP contribution is 2.61. The molecule has 2 heteroatoms. The van der Waals surface area contributed by atoms with Crippen LogP contribution in [-0.4, -0.2) is 11.3 Å². The molecule has 0 amide bonds. The van der Waals surface area contributed by atoms with Gasteiger partial charge in [0, 0.05) is 6.20 Å². The van der Waals surface area contributed by atoms with Crippen LogP contribution in [0.2, 0.25) is 0 Å². The third-order valence-electron chi connectivity index (χ3n) is 4.48. The Bertz CT molecular complexity index is 436. The van der Waals surface area contributed by atoms with Crippen LogP contribution in [0.3, 0.4) is 0 Å². The first kappa shape index (κ1) is 9.08. The molecule has 1 heterocycles. The van der Waals surface area contributed by atoms with Crippen molar-refractivity contribution in [1.82, 2.24) is 4.98 Å². The quantitative estimate of drug-likeness (QED) is 0.654. The van der Waals surface area contributed by atoms with Crippen LogP contribution < -0.4 is 0 Å². The molecule has 0 N–H and O–H groups in total.